The molecule has 0 aliphatic carbocycles. The first-order valence-electron chi connectivity index (χ1n) is 6.83. The molecule has 0 spiro atoms. The molecule has 0 aliphatic rings. The Labute approximate surface area is 132 Å². The number of anilines is 1. The van der Waals surface area contributed by atoms with E-state index in [9.17, 15) is 4.79 Å². The van der Waals surface area contributed by atoms with Gasteiger partial charge in [0.1, 0.15) is 0 Å². The third-order valence-corrected chi connectivity index (χ3v) is 4.32. The van der Waals surface area contributed by atoms with Gasteiger partial charge in [-0.3, -0.25) is 5.32 Å². The molecule has 21 heavy (non-hydrogen) atoms. The van der Waals surface area contributed by atoms with Crippen molar-refractivity contribution in [3.05, 3.63) is 35.9 Å². The second kappa shape index (κ2) is 8.63. The van der Waals surface area contributed by atoms with Crippen LogP contribution in [-0.2, 0) is 5.75 Å². The summed E-state index contributed by atoms with van der Waals surface area (Å²) in [5.74, 6) is 0.819. The van der Waals surface area contributed by atoms with Crippen molar-refractivity contribution in [2.24, 2.45) is 0 Å². The molecule has 0 atom stereocenters. The highest BCUT2D eigenvalue weighted by molar-refractivity contribution is 7.98. The van der Waals surface area contributed by atoms with E-state index in [1.165, 1.54) is 17.1 Å². The van der Waals surface area contributed by atoms with Gasteiger partial charge < -0.3 is 5.32 Å². The van der Waals surface area contributed by atoms with E-state index < -0.39 is 0 Å². The number of thioether (sulfide) groups is 1. The van der Waals surface area contributed by atoms with Gasteiger partial charge in [0.25, 0.3) is 0 Å². The molecule has 2 amide bonds. The molecule has 1 heterocycles. The molecule has 0 unspecified atom stereocenters. The monoisotopic (exact) mass is 322 g/mol. The lowest BCUT2D eigenvalue weighted by molar-refractivity contribution is 0.252. The van der Waals surface area contributed by atoms with E-state index in [1.54, 1.807) is 11.8 Å². The Morgan fingerprint density at radius 2 is 2.14 bits per heavy atom. The molecule has 0 saturated carbocycles. The van der Waals surface area contributed by atoms with Gasteiger partial charge in [-0.05, 0) is 12.0 Å². The summed E-state index contributed by atoms with van der Waals surface area (Å²) in [6.45, 7) is 2.76. The van der Waals surface area contributed by atoms with Crippen LogP contribution in [0, 0.1) is 0 Å². The van der Waals surface area contributed by atoms with Crippen LogP contribution in [0.3, 0.4) is 0 Å². The number of rotatable bonds is 7. The van der Waals surface area contributed by atoms with Crippen LogP contribution in [-0.4, -0.2) is 21.9 Å². The van der Waals surface area contributed by atoms with Crippen molar-refractivity contribution in [1.29, 1.82) is 0 Å². The summed E-state index contributed by atoms with van der Waals surface area (Å²) in [7, 11) is 0. The summed E-state index contributed by atoms with van der Waals surface area (Å²) in [5.41, 5.74) is 1.23. The molecule has 1 aromatic heterocycles. The van der Waals surface area contributed by atoms with Crippen LogP contribution >= 0.6 is 23.3 Å². The fourth-order valence-electron chi connectivity index (χ4n) is 1.56. The molecule has 0 radical (unpaired) electrons. The van der Waals surface area contributed by atoms with Crippen LogP contribution in [0.5, 0.6) is 0 Å². The first-order chi connectivity index (χ1) is 10.3. The number of carbonyl (C=O) groups excluding carboxylic acids is 1. The van der Waals surface area contributed by atoms with Crippen LogP contribution in [0.4, 0.5) is 9.93 Å². The topological polar surface area (TPSA) is 66.9 Å². The maximum atomic E-state index is 11.6. The second-order valence-electron chi connectivity index (χ2n) is 4.39. The van der Waals surface area contributed by atoms with Crippen LogP contribution in [0.15, 0.2) is 35.5 Å². The summed E-state index contributed by atoms with van der Waals surface area (Å²) < 4.78 is 4.23. The van der Waals surface area contributed by atoms with Gasteiger partial charge in [0.15, 0.2) is 0 Å². The Balaban J connectivity index is 1.77. The van der Waals surface area contributed by atoms with Crippen molar-refractivity contribution in [2.45, 2.75) is 30.7 Å². The number of nitrogens with zero attached hydrogens (tertiary/aromatic N) is 2. The Morgan fingerprint density at radius 3 is 2.90 bits per heavy atom. The van der Waals surface area contributed by atoms with Gasteiger partial charge >= 0.3 is 6.03 Å². The molecule has 112 valence electrons. The first-order valence-corrected chi connectivity index (χ1v) is 8.59. The second-order valence-corrected chi connectivity index (χ2v) is 6.09. The lowest BCUT2D eigenvalue weighted by atomic mass is 10.2. The third-order valence-electron chi connectivity index (χ3n) is 2.65. The highest BCUT2D eigenvalue weighted by atomic mass is 32.2. The number of nitrogens with one attached hydrogen (secondary N) is 2. The summed E-state index contributed by atoms with van der Waals surface area (Å²) in [5, 5.41) is 6.70. The summed E-state index contributed by atoms with van der Waals surface area (Å²) in [6.07, 6.45) is 2.03. The molecular formula is C14H18N4OS2. The largest absolute Gasteiger partial charge is 0.338 e. The number of urea groups is 1. The Hall–Kier alpha value is -1.60. The van der Waals surface area contributed by atoms with E-state index >= 15 is 0 Å². The molecule has 0 fully saturated rings. The Kier molecular flexibility index (Phi) is 6.49. The lowest BCUT2D eigenvalue weighted by Gasteiger charge is -2.03. The van der Waals surface area contributed by atoms with Crippen LogP contribution in [0.1, 0.15) is 25.3 Å². The van der Waals surface area contributed by atoms with Gasteiger partial charge in [-0.2, -0.15) is 9.36 Å². The summed E-state index contributed by atoms with van der Waals surface area (Å²) in [4.78, 5) is 15.9. The van der Waals surface area contributed by atoms with Gasteiger partial charge in [0, 0.05) is 23.8 Å². The Bertz CT molecular complexity index is 559. The van der Waals surface area contributed by atoms with Crippen molar-refractivity contribution >= 4 is 34.5 Å². The molecular weight excluding hydrogens is 304 g/mol. The van der Waals surface area contributed by atoms with Crippen LogP contribution in [0.25, 0.3) is 0 Å². The van der Waals surface area contributed by atoms with Gasteiger partial charge in [0.2, 0.25) is 10.3 Å². The number of unbranched alkanes of at least 4 members (excludes halogenated alkanes) is 1. The van der Waals surface area contributed by atoms with Crippen molar-refractivity contribution in [3.63, 3.8) is 0 Å². The average molecular weight is 322 g/mol. The maximum absolute atomic E-state index is 11.6. The smallest absolute Gasteiger partial charge is 0.321 e. The fraction of sp³-hybridized carbons (Fsp3) is 0.357. The zero-order valence-electron chi connectivity index (χ0n) is 11.8. The Morgan fingerprint density at radius 1 is 1.33 bits per heavy atom. The zero-order valence-corrected chi connectivity index (χ0v) is 13.5. The molecule has 2 aromatic rings. The first kappa shape index (κ1) is 15.8. The van der Waals surface area contributed by atoms with Crippen molar-refractivity contribution in [1.82, 2.24) is 14.7 Å². The van der Waals surface area contributed by atoms with Crippen molar-refractivity contribution in [2.75, 3.05) is 11.9 Å². The van der Waals surface area contributed by atoms with E-state index in [-0.39, 0.29) is 6.03 Å². The van der Waals surface area contributed by atoms with E-state index in [2.05, 4.69) is 39.0 Å². The molecule has 2 rings (SSSR count). The number of carbonyl (C=O) groups is 1. The number of hydrogen-bond acceptors (Lipinski definition) is 5. The maximum Gasteiger partial charge on any atom is 0.321 e. The van der Waals surface area contributed by atoms with Crippen molar-refractivity contribution in [3.8, 4) is 0 Å². The van der Waals surface area contributed by atoms with E-state index in [1.807, 2.05) is 18.2 Å². The predicted octanol–water partition coefficient (Wildman–Crippen LogP) is 3.75. The fourth-order valence-corrected chi connectivity index (χ4v) is 3.06. The van der Waals surface area contributed by atoms with E-state index in [0.29, 0.717) is 16.8 Å². The predicted molar refractivity (Wildman–Crippen MR) is 87.8 cm³/mol. The van der Waals surface area contributed by atoms with E-state index in [4.69, 9.17) is 0 Å². The van der Waals surface area contributed by atoms with Crippen molar-refractivity contribution < 1.29 is 4.79 Å². The number of hydrogen-bond donors (Lipinski definition) is 2. The number of amides is 2. The minimum Gasteiger partial charge on any atom is -0.338 e. The summed E-state index contributed by atoms with van der Waals surface area (Å²) in [6, 6.07) is 9.93. The SMILES string of the molecule is CCCCNC(=O)Nc1nc(SCc2ccccc2)ns1. The number of benzene rings is 1. The molecule has 2 N–H and O–H groups in total. The zero-order chi connectivity index (χ0) is 14.9. The van der Waals surface area contributed by atoms with Crippen LogP contribution in [0.2, 0.25) is 0 Å². The minimum absolute atomic E-state index is 0.223. The molecule has 0 bridgehead atoms. The normalized spacial score (nSPS) is 10.3. The molecule has 5 nitrogen and oxygen atoms in total. The molecule has 0 saturated heterocycles. The van der Waals surface area contributed by atoms with E-state index in [0.717, 1.165) is 18.6 Å². The van der Waals surface area contributed by atoms with Crippen LogP contribution < -0.4 is 10.6 Å². The standard InChI is InChI=1S/C14H18N4OS2/c1-2-3-9-15-12(19)16-13-17-14(18-21-13)20-10-11-7-5-4-6-8-11/h4-8H,2-3,9-10H2,1H3,(H2,15,16,17,18,19). The van der Waals surface area contributed by atoms with Gasteiger partial charge in [-0.1, -0.05) is 55.4 Å². The quantitative estimate of drug-likeness (QED) is 0.602. The average Bonchev–Trinajstić information content (AvgIpc) is 2.94. The molecule has 0 aliphatic heterocycles. The highest BCUT2D eigenvalue weighted by Crippen LogP contribution is 2.23. The molecule has 1 aromatic carbocycles. The van der Waals surface area contributed by atoms with Gasteiger partial charge in [-0.15, -0.1) is 0 Å². The van der Waals surface area contributed by atoms with Gasteiger partial charge in [-0.25, -0.2) is 4.79 Å². The highest BCUT2D eigenvalue weighted by Gasteiger charge is 2.08. The minimum atomic E-state index is -0.223. The molecule has 7 heteroatoms. The number of aromatic nitrogens is 2. The summed E-state index contributed by atoms with van der Waals surface area (Å²) >= 11 is 2.76. The third kappa shape index (κ3) is 5.73. The lowest BCUT2D eigenvalue weighted by Crippen LogP contribution is -2.29. The van der Waals surface area contributed by atoms with Gasteiger partial charge in [0.05, 0.1) is 0 Å².